The fraction of sp³-hybridized carbons (Fsp3) is 0.688. The van der Waals surface area contributed by atoms with Crippen LogP contribution in [0.5, 0.6) is 0 Å². The zero-order valence-electron chi connectivity index (χ0n) is 13.3. The lowest BCUT2D eigenvalue weighted by molar-refractivity contribution is 0.0574. The number of thiophene rings is 1. The van der Waals surface area contributed by atoms with Gasteiger partial charge in [0.2, 0.25) is 0 Å². The third-order valence-corrected chi connectivity index (χ3v) is 4.35. The molecular weight excluding hydrogens is 409 g/mol. The first-order valence-corrected chi connectivity index (χ1v) is 8.97. The molecule has 2 N–H and O–H groups in total. The van der Waals surface area contributed by atoms with E-state index in [-0.39, 0.29) is 24.0 Å². The Balaban J connectivity index is 0.00000242. The van der Waals surface area contributed by atoms with Crippen molar-refractivity contribution in [2.45, 2.75) is 51.7 Å². The maximum absolute atomic E-state index is 5.86. The zero-order chi connectivity index (χ0) is 14.8. The monoisotopic (exact) mass is 437 g/mol. The van der Waals surface area contributed by atoms with Crippen molar-refractivity contribution in [3.8, 4) is 0 Å². The Kier molecular flexibility index (Phi) is 10.9. The summed E-state index contributed by atoms with van der Waals surface area (Å²) >= 11 is 1.71. The lowest BCUT2D eigenvalue weighted by Crippen LogP contribution is -2.38. The number of nitrogens with one attached hydrogen (secondary N) is 2. The summed E-state index contributed by atoms with van der Waals surface area (Å²) < 4.78 is 5.86. The molecule has 1 aliphatic carbocycles. The summed E-state index contributed by atoms with van der Waals surface area (Å²) in [5, 5.41) is 10.9. The quantitative estimate of drug-likeness (QED) is 0.282. The van der Waals surface area contributed by atoms with Gasteiger partial charge in [0.15, 0.2) is 5.96 Å². The molecule has 0 aromatic carbocycles. The van der Waals surface area contributed by atoms with E-state index in [0.29, 0.717) is 6.10 Å². The Hall–Kier alpha value is -0.340. The Morgan fingerprint density at radius 1 is 1.36 bits per heavy atom. The minimum absolute atomic E-state index is 0. The normalized spacial score (nSPS) is 15.6. The van der Waals surface area contributed by atoms with Crippen LogP contribution in [0.3, 0.4) is 0 Å². The highest BCUT2D eigenvalue weighted by molar-refractivity contribution is 14.0. The highest BCUT2D eigenvalue weighted by atomic mass is 127. The molecule has 1 aliphatic rings. The summed E-state index contributed by atoms with van der Waals surface area (Å²) in [6.07, 6.45) is 6.71. The van der Waals surface area contributed by atoms with Crippen LogP contribution < -0.4 is 10.6 Å². The van der Waals surface area contributed by atoms with Crippen molar-refractivity contribution >= 4 is 41.3 Å². The Bertz CT molecular complexity index is 406. The zero-order valence-corrected chi connectivity index (χ0v) is 16.5. The van der Waals surface area contributed by atoms with E-state index in [1.165, 1.54) is 31.2 Å². The van der Waals surface area contributed by atoms with E-state index in [9.17, 15) is 0 Å². The van der Waals surface area contributed by atoms with Gasteiger partial charge in [-0.25, -0.2) is 4.99 Å². The molecular formula is C16H28IN3OS. The van der Waals surface area contributed by atoms with Gasteiger partial charge in [-0.1, -0.05) is 12.8 Å². The van der Waals surface area contributed by atoms with Gasteiger partial charge in [-0.15, -0.1) is 24.0 Å². The van der Waals surface area contributed by atoms with Crippen LogP contribution >= 0.6 is 35.3 Å². The average Bonchev–Trinajstić information content (AvgIpc) is 3.17. The van der Waals surface area contributed by atoms with Crippen LogP contribution in [0.25, 0.3) is 0 Å². The predicted molar refractivity (Wildman–Crippen MR) is 105 cm³/mol. The van der Waals surface area contributed by atoms with Crippen LogP contribution in [-0.2, 0) is 11.3 Å². The van der Waals surface area contributed by atoms with E-state index in [1.807, 2.05) is 0 Å². The SMILES string of the molecule is CCNC(=NCc1ccsc1)NCCCOC1CCCC1.I. The first-order valence-electron chi connectivity index (χ1n) is 8.03. The summed E-state index contributed by atoms with van der Waals surface area (Å²) in [7, 11) is 0. The van der Waals surface area contributed by atoms with Crippen molar-refractivity contribution in [1.82, 2.24) is 10.6 Å². The summed E-state index contributed by atoms with van der Waals surface area (Å²) in [5.41, 5.74) is 1.27. The van der Waals surface area contributed by atoms with Gasteiger partial charge in [-0.3, -0.25) is 0 Å². The molecule has 22 heavy (non-hydrogen) atoms. The summed E-state index contributed by atoms with van der Waals surface area (Å²) in [5.74, 6) is 0.893. The fourth-order valence-corrected chi connectivity index (χ4v) is 3.14. The van der Waals surface area contributed by atoms with Gasteiger partial charge in [-0.05, 0) is 48.6 Å². The van der Waals surface area contributed by atoms with Gasteiger partial charge >= 0.3 is 0 Å². The molecule has 0 radical (unpaired) electrons. The van der Waals surface area contributed by atoms with Gasteiger partial charge < -0.3 is 15.4 Å². The second-order valence-electron chi connectivity index (χ2n) is 5.38. The average molecular weight is 437 g/mol. The number of hydrogen-bond donors (Lipinski definition) is 2. The van der Waals surface area contributed by atoms with Crippen LogP contribution in [0.15, 0.2) is 21.8 Å². The molecule has 0 amide bonds. The number of hydrogen-bond acceptors (Lipinski definition) is 3. The maximum Gasteiger partial charge on any atom is 0.191 e. The Labute approximate surface area is 155 Å². The number of aliphatic imine (C=N–C) groups is 1. The molecule has 0 bridgehead atoms. The van der Waals surface area contributed by atoms with E-state index in [1.54, 1.807) is 11.3 Å². The van der Waals surface area contributed by atoms with Crippen molar-refractivity contribution in [1.29, 1.82) is 0 Å². The van der Waals surface area contributed by atoms with Crippen molar-refractivity contribution in [3.63, 3.8) is 0 Å². The van der Waals surface area contributed by atoms with Crippen molar-refractivity contribution in [2.75, 3.05) is 19.7 Å². The van der Waals surface area contributed by atoms with Gasteiger partial charge in [0.05, 0.1) is 12.6 Å². The lowest BCUT2D eigenvalue weighted by Gasteiger charge is -2.13. The number of ether oxygens (including phenoxy) is 1. The molecule has 0 atom stereocenters. The smallest absolute Gasteiger partial charge is 0.191 e. The van der Waals surface area contributed by atoms with Crippen LogP contribution in [0.1, 0.15) is 44.6 Å². The van der Waals surface area contributed by atoms with Gasteiger partial charge in [0, 0.05) is 19.7 Å². The molecule has 1 saturated carbocycles. The first-order chi connectivity index (χ1) is 10.4. The van der Waals surface area contributed by atoms with E-state index in [0.717, 1.165) is 38.6 Å². The number of guanidine groups is 1. The molecule has 126 valence electrons. The molecule has 1 heterocycles. The maximum atomic E-state index is 5.86. The van der Waals surface area contributed by atoms with Gasteiger partial charge in [0.25, 0.3) is 0 Å². The molecule has 0 saturated heterocycles. The Morgan fingerprint density at radius 2 is 2.18 bits per heavy atom. The van der Waals surface area contributed by atoms with Crippen LogP contribution in [-0.4, -0.2) is 31.8 Å². The fourth-order valence-electron chi connectivity index (χ4n) is 2.48. The highest BCUT2D eigenvalue weighted by Crippen LogP contribution is 2.20. The third kappa shape index (κ3) is 7.78. The minimum atomic E-state index is 0. The predicted octanol–water partition coefficient (Wildman–Crippen LogP) is 3.77. The van der Waals surface area contributed by atoms with Crippen molar-refractivity contribution in [3.05, 3.63) is 22.4 Å². The molecule has 0 aliphatic heterocycles. The van der Waals surface area contributed by atoms with E-state index in [2.05, 4.69) is 39.4 Å². The summed E-state index contributed by atoms with van der Waals surface area (Å²) in [6.45, 7) is 5.46. The molecule has 2 rings (SSSR count). The van der Waals surface area contributed by atoms with Crippen LogP contribution in [0.2, 0.25) is 0 Å². The van der Waals surface area contributed by atoms with E-state index < -0.39 is 0 Å². The summed E-state index contributed by atoms with van der Waals surface area (Å²) in [6, 6.07) is 2.12. The lowest BCUT2D eigenvalue weighted by atomic mass is 10.3. The molecule has 1 aromatic rings. The van der Waals surface area contributed by atoms with Crippen molar-refractivity contribution in [2.24, 2.45) is 4.99 Å². The standard InChI is InChI=1S/C16H27N3OS.HI/c1-2-17-16(19-12-14-8-11-21-13-14)18-9-5-10-20-15-6-3-4-7-15;/h8,11,13,15H,2-7,9-10,12H2,1H3,(H2,17,18,19);1H. The molecule has 0 unspecified atom stereocenters. The first kappa shape index (κ1) is 19.7. The van der Waals surface area contributed by atoms with Crippen molar-refractivity contribution < 1.29 is 4.74 Å². The largest absolute Gasteiger partial charge is 0.378 e. The van der Waals surface area contributed by atoms with E-state index >= 15 is 0 Å². The molecule has 0 spiro atoms. The van der Waals surface area contributed by atoms with Crippen LogP contribution in [0, 0.1) is 0 Å². The minimum Gasteiger partial charge on any atom is -0.378 e. The third-order valence-electron chi connectivity index (χ3n) is 3.61. The molecule has 1 fully saturated rings. The summed E-state index contributed by atoms with van der Waals surface area (Å²) in [4.78, 5) is 4.59. The van der Waals surface area contributed by atoms with Crippen LogP contribution in [0.4, 0.5) is 0 Å². The molecule has 4 nitrogen and oxygen atoms in total. The highest BCUT2D eigenvalue weighted by Gasteiger charge is 2.14. The van der Waals surface area contributed by atoms with Gasteiger partial charge in [-0.2, -0.15) is 11.3 Å². The number of nitrogens with zero attached hydrogens (tertiary/aromatic N) is 1. The topological polar surface area (TPSA) is 45.7 Å². The van der Waals surface area contributed by atoms with E-state index in [4.69, 9.17) is 4.74 Å². The second-order valence-corrected chi connectivity index (χ2v) is 6.16. The number of halogens is 1. The number of rotatable bonds is 8. The molecule has 1 aromatic heterocycles. The Morgan fingerprint density at radius 3 is 2.86 bits per heavy atom. The molecule has 6 heteroatoms. The second kappa shape index (κ2) is 12.1. The van der Waals surface area contributed by atoms with Gasteiger partial charge in [0.1, 0.15) is 0 Å².